The van der Waals surface area contributed by atoms with Gasteiger partial charge in [0.05, 0.1) is 12.7 Å². The van der Waals surface area contributed by atoms with Crippen LogP contribution in [0.15, 0.2) is 18.2 Å². The number of rotatable bonds is 5. The minimum absolute atomic E-state index is 0.308. The maximum atomic E-state index is 10.8. The van der Waals surface area contributed by atoms with E-state index in [1.165, 1.54) is 20.1 Å². The van der Waals surface area contributed by atoms with E-state index in [1.54, 1.807) is 12.1 Å². The largest absolute Gasteiger partial charge is 0.497 e. The van der Waals surface area contributed by atoms with Crippen LogP contribution in [0.25, 0.3) is 0 Å². The number of nitrogens with two attached hydrogens (primary N) is 1. The van der Waals surface area contributed by atoms with Gasteiger partial charge >= 0.3 is 0 Å². The molecule has 0 saturated heterocycles. The van der Waals surface area contributed by atoms with Crippen molar-refractivity contribution in [2.24, 2.45) is 5.73 Å². The molecule has 0 radical (unpaired) electrons. The predicted octanol–water partition coefficient (Wildman–Crippen LogP) is 0.760. The highest BCUT2D eigenvalue weighted by atomic mass is 16.5. The van der Waals surface area contributed by atoms with Crippen LogP contribution >= 0.6 is 0 Å². The Bertz CT molecular complexity index is 403. The summed E-state index contributed by atoms with van der Waals surface area (Å²) in [6, 6.07) is 4.72. The van der Waals surface area contributed by atoms with Crippen LogP contribution in [-0.2, 0) is 4.79 Å². The van der Waals surface area contributed by atoms with Crippen molar-refractivity contribution < 1.29 is 19.1 Å². The maximum absolute atomic E-state index is 10.8. The zero-order valence-electron chi connectivity index (χ0n) is 9.10. The van der Waals surface area contributed by atoms with E-state index in [2.05, 4.69) is 0 Å². The fourth-order valence-electron chi connectivity index (χ4n) is 1.10. The Balaban J connectivity index is 2.95. The van der Waals surface area contributed by atoms with Crippen LogP contribution in [0.4, 0.5) is 0 Å². The number of primary amides is 1. The molecule has 1 atom stereocenters. The molecule has 5 nitrogen and oxygen atoms in total. The highest BCUT2D eigenvalue weighted by Gasteiger charge is 2.13. The Kier molecular flexibility index (Phi) is 3.88. The molecule has 0 spiro atoms. The number of amides is 1. The number of carbonyl (C=O) groups excluding carboxylic acids is 2. The standard InChI is InChI=1S/C11H13NO4/c1-7(11(12)14)16-10-4-3-9(15-2)5-8(10)6-13/h3-7H,1-2H3,(H2,12,14). The van der Waals surface area contributed by atoms with Crippen LogP contribution in [-0.4, -0.2) is 25.4 Å². The molecule has 0 aliphatic heterocycles. The molecule has 1 rings (SSSR count). The van der Waals surface area contributed by atoms with Crippen molar-refractivity contribution in [2.45, 2.75) is 13.0 Å². The summed E-state index contributed by atoms with van der Waals surface area (Å²) in [6.45, 7) is 1.52. The van der Waals surface area contributed by atoms with Gasteiger partial charge in [0.15, 0.2) is 12.4 Å². The lowest BCUT2D eigenvalue weighted by Crippen LogP contribution is -2.30. The normalized spacial score (nSPS) is 11.6. The first-order chi connectivity index (χ1) is 7.58. The van der Waals surface area contributed by atoms with Gasteiger partial charge in [-0.05, 0) is 25.1 Å². The van der Waals surface area contributed by atoms with Crippen LogP contribution in [0.3, 0.4) is 0 Å². The lowest BCUT2D eigenvalue weighted by Gasteiger charge is -2.13. The van der Waals surface area contributed by atoms with Crippen molar-refractivity contribution in [3.63, 3.8) is 0 Å². The van der Waals surface area contributed by atoms with Gasteiger partial charge in [-0.25, -0.2) is 0 Å². The van der Waals surface area contributed by atoms with E-state index in [1.807, 2.05) is 0 Å². The Morgan fingerprint density at radius 2 is 2.19 bits per heavy atom. The number of carbonyl (C=O) groups is 2. The zero-order valence-corrected chi connectivity index (χ0v) is 9.10. The van der Waals surface area contributed by atoms with Gasteiger partial charge in [0.2, 0.25) is 0 Å². The second-order valence-electron chi connectivity index (χ2n) is 3.18. The average molecular weight is 223 g/mol. The summed E-state index contributed by atoms with van der Waals surface area (Å²) in [7, 11) is 1.50. The van der Waals surface area contributed by atoms with Crippen molar-refractivity contribution in [3.05, 3.63) is 23.8 Å². The lowest BCUT2D eigenvalue weighted by molar-refractivity contribution is -0.123. The van der Waals surface area contributed by atoms with E-state index in [0.29, 0.717) is 23.3 Å². The summed E-state index contributed by atoms with van der Waals surface area (Å²) < 4.78 is 10.2. The first-order valence-corrected chi connectivity index (χ1v) is 4.67. The smallest absolute Gasteiger partial charge is 0.258 e. The minimum Gasteiger partial charge on any atom is -0.497 e. The number of hydrogen-bond acceptors (Lipinski definition) is 4. The van der Waals surface area contributed by atoms with Crippen LogP contribution in [0.2, 0.25) is 0 Å². The van der Waals surface area contributed by atoms with Crippen molar-refractivity contribution >= 4 is 12.2 Å². The SMILES string of the molecule is COc1ccc(OC(C)C(N)=O)c(C=O)c1. The summed E-state index contributed by atoms with van der Waals surface area (Å²) in [5.41, 5.74) is 5.37. The van der Waals surface area contributed by atoms with Crippen LogP contribution in [0, 0.1) is 0 Å². The summed E-state index contributed by atoms with van der Waals surface area (Å²) in [5, 5.41) is 0. The number of ether oxygens (including phenoxy) is 2. The molecule has 1 aromatic carbocycles. The predicted molar refractivity (Wildman–Crippen MR) is 57.7 cm³/mol. The van der Waals surface area contributed by atoms with E-state index < -0.39 is 12.0 Å². The number of aldehydes is 1. The first-order valence-electron chi connectivity index (χ1n) is 4.67. The molecular weight excluding hydrogens is 210 g/mol. The van der Waals surface area contributed by atoms with Crippen molar-refractivity contribution in [2.75, 3.05) is 7.11 Å². The second-order valence-corrected chi connectivity index (χ2v) is 3.18. The van der Waals surface area contributed by atoms with Gasteiger partial charge in [-0.2, -0.15) is 0 Å². The van der Waals surface area contributed by atoms with E-state index >= 15 is 0 Å². The molecule has 0 aromatic heterocycles. The second kappa shape index (κ2) is 5.16. The molecule has 16 heavy (non-hydrogen) atoms. The minimum atomic E-state index is -0.785. The topological polar surface area (TPSA) is 78.6 Å². The molecule has 2 N–H and O–H groups in total. The van der Waals surface area contributed by atoms with Gasteiger partial charge in [-0.15, -0.1) is 0 Å². The molecule has 5 heteroatoms. The fraction of sp³-hybridized carbons (Fsp3) is 0.273. The molecular formula is C11H13NO4. The third-order valence-electron chi connectivity index (χ3n) is 2.05. The Hall–Kier alpha value is -2.04. The molecule has 0 fully saturated rings. The molecule has 0 heterocycles. The molecule has 0 aliphatic carbocycles. The quantitative estimate of drug-likeness (QED) is 0.747. The van der Waals surface area contributed by atoms with Crippen molar-refractivity contribution in [3.8, 4) is 11.5 Å². The summed E-state index contributed by atoms with van der Waals surface area (Å²) in [5.74, 6) is 0.260. The molecule has 86 valence electrons. The number of benzene rings is 1. The molecule has 1 aromatic rings. The third kappa shape index (κ3) is 2.73. The van der Waals surface area contributed by atoms with Gasteiger partial charge in [0.1, 0.15) is 11.5 Å². The molecule has 0 aliphatic rings. The maximum Gasteiger partial charge on any atom is 0.258 e. The van der Waals surface area contributed by atoms with Gasteiger partial charge in [0.25, 0.3) is 5.91 Å². The third-order valence-corrected chi connectivity index (χ3v) is 2.05. The van der Waals surface area contributed by atoms with Gasteiger partial charge in [0, 0.05) is 0 Å². The molecule has 1 unspecified atom stereocenters. The molecule has 0 saturated carbocycles. The van der Waals surface area contributed by atoms with Gasteiger partial charge in [-0.1, -0.05) is 0 Å². The van der Waals surface area contributed by atoms with Crippen LogP contribution in [0.5, 0.6) is 11.5 Å². The number of methoxy groups -OCH3 is 1. The first kappa shape index (κ1) is 12.0. The summed E-state index contributed by atoms with van der Waals surface area (Å²) in [6.07, 6.45) is -0.155. The summed E-state index contributed by atoms with van der Waals surface area (Å²) >= 11 is 0. The highest BCUT2D eigenvalue weighted by Crippen LogP contribution is 2.23. The molecule has 1 amide bonds. The Labute approximate surface area is 93.1 Å². The Morgan fingerprint density at radius 1 is 1.50 bits per heavy atom. The van der Waals surface area contributed by atoms with E-state index in [-0.39, 0.29) is 0 Å². The number of hydrogen-bond donors (Lipinski definition) is 1. The lowest BCUT2D eigenvalue weighted by atomic mass is 10.2. The Morgan fingerprint density at radius 3 is 2.69 bits per heavy atom. The van der Waals surface area contributed by atoms with E-state index in [0.717, 1.165) is 0 Å². The van der Waals surface area contributed by atoms with Crippen molar-refractivity contribution in [1.82, 2.24) is 0 Å². The van der Waals surface area contributed by atoms with Crippen molar-refractivity contribution in [1.29, 1.82) is 0 Å². The van der Waals surface area contributed by atoms with Gasteiger partial charge < -0.3 is 15.2 Å². The highest BCUT2D eigenvalue weighted by molar-refractivity contribution is 5.82. The van der Waals surface area contributed by atoms with Gasteiger partial charge in [-0.3, -0.25) is 9.59 Å². The van der Waals surface area contributed by atoms with E-state index in [9.17, 15) is 9.59 Å². The monoisotopic (exact) mass is 223 g/mol. The zero-order chi connectivity index (χ0) is 12.1. The fourth-order valence-corrected chi connectivity index (χ4v) is 1.10. The summed E-state index contributed by atoms with van der Waals surface area (Å²) in [4.78, 5) is 21.6. The molecule has 0 bridgehead atoms. The van der Waals surface area contributed by atoms with E-state index in [4.69, 9.17) is 15.2 Å². The average Bonchev–Trinajstić information content (AvgIpc) is 2.29. The van der Waals surface area contributed by atoms with Crippen LogP contribution in [0.1, 0.15) is 17.3 Å². The van der Waals surface area contributed by atoms with Crippen LogP contribution < -0.4 is 15.2 Å².